The van der Waals surface area contributed by atoms with Crippen molar-refractivity contribution in [3.05, 3.63) is 64.3 Å². The number of nitrogens with one attached hydrogen (secondary N) is 1. The predicted molar refractivity (Wildman–Crippen MR) is 115 cm³/mol. The van der Waals surface area contributed by atoms with Gasteiger partial charge in [0.15, 0.2) is 0 Å². The lowest BCUT2D eigenvalue weighted by molar-refractivity contribution is -0.138. The zero-order chi connectivity index (χ0) is 23.6. The van der Waals surface area contributed by atoms with Crippen LogP contribution in [0.5, 0.6) is 0 Å². The molecule has 1 atom stereocenters. The fourth-order valence-electron chi connectivity index (χ4n) is 2.99. The van der Waals surface area contributed by atoms with E-state index in [0.29, 0.717) is 11.5 Å². The molecule has 3 rings (SSSR count). The Labute approximate surface area is 189 Å². The zero-order valence-electron chi connectivity index (χ0n) is 17.5. The minimum absolute atomic E-state index is 0.0222. The highest BCUT2D eigenvalue weighted by molar-refractivity contribution is 7.89. The molecule has 0 amide bonds. The molecule has 0 radical (unpaired) electrons. The van der Waals surface area contributed by atoms with E-state index in [4.69, 9.17) is 16.1 Å². The number of nitrogens with zero attached hydrogens (tertiary/aromatic N) is 2. The fourth-order valence-corrected chi connectivity index (χ4v) is 4.68. The van der Waals surface area contributed by atoms with Crippen LogP contribution in [0.1, 0.15) is 36.8 Å². The Morgan fingerprint density at radius 1 is 1.28 bits per heavy atom. The van der Waals surface area contributed by atoms with E-state index in [1.165, 1.54) is 37.3 Å². The van der Waals surface area contributed by atoms with E-state index in [-0.39, 0.29) is 39.2 Å². The molecular weight excluding hydrogens is 461 g/mol. The van der Waals surface area contributed by atoms with Gasteiger partial charge >= 0.3 is 5.97 Å². The van der Waals surface area contributed by atoms with Gasteiger partial charge in [-0.05, 0) is 48.7 Å². The Balaban J connectivity index is 1.84. The van der Waals surface area contributed by atoms with Crippen LogP contribution in [0.25, 0.3) is 11.4 Å². The van der Waals surface area contributed by atoms with Gasteiger partial charge in [0, 0.05) is 10.9 Å². The number of sulfonamides is 1. The van der Waals surface area contributed by atoms with E-state index in [1.54, 1.807) is 0 Å². The van der Waals surface area contributed by atoms with Crippen LogP contribution in [0.2, 0.25) is 5.02 Å². The quantitative estimate of drug-likeness (QED) is 0.499. The molecule has 0 saturated carbocycles. The summed E-state index contributed by atoms with van der Waals surface area (Å²) in [6, 6.07) is 6.79. The van der Waals surface area contributed by atoms with Gasteiger partial charge < -0.3 is 9.63 Å². The molecule has 1 heterocycles. The highest BCUT2D eigenvalue weighted by Crippen LogP contribution is 2.25. The van der Waals surface area contributed by atoms with Crippen molar-refractivity contribution in [2.24, 2.45) is 0 Å². The Morgan fingerprint density at radius 2 is 2.00 bits per heavy atom. The van der Waals surface area contributed by atoms with Crippen LogP contribution in [0.15, 0.2) is 45.8 Å². The number of carboxylic acid groups (broad SMARTS) is 1. The summed E-state index contributed by atoms with van der Waals surface area (Å²) in [5, 5.41) is 13.5. The molecule has 1 aromatic heterocycles. The Hall–Kier alpha value is -2.82. The molecule has 0 fully saturated rings. The maximum Gasteiger partial charge on any atom is 0.322 e. The van der Waals surface area contributed by atoms with E-state index < -0.39 is 27.9 Å². The summed E-state index contributed by atoms with van der Waals surface area (Å²) in [6.07, 6.45) is -0.283. The van der Waals surface area contributed by atoms with Gasteiger partial charge in [-0.1, -0.05) is 42.7 Å². The summed E-state index contributed by atoms with van der Waals surface area (Å²) in [7, 11) is -4.19. The molecule has 0 saturated heterocycles. The number of hydrogen-bond acceptors (Lipinski definition) is 6. The van der Waals surface area contributed by atoms with E-state index in [9.17, 15) is 22.7 Å². The lowest BCUT2D eigenvalue weighted by Crippen LogP contribution is -2.42. The van der Waals surface area contributed by atoms with Gasteiger partial charge in [0.05, 0.1) is 10.5 Å². The molecule has 2 N–H and O–H groups in total. The van der Waals surface area contributed by atoms with Gasteiger partial charge in [0.25, 0.3) is 0 Å². The third kappa shape index (κ3) is 5.14. The number of aliphatic carboxylic acids is 1. The van der Waals surface area contributed by atoms with E-state index in [0.717, 1.165) is 6.07 Å². The highest BCUT2D eigenvalue weighted by Gasteiger charge is 2.27. The molecule has 0 aliphatic carbocycles. The minimum Gasteiger partial charge on any atom is -0.480 e. The Kier molecular flexibility index (Phi) is 6.97. The summed E-state index contributed by atoms with van der Waals surface area (Å²) in [6.45, 7) is 5.23. The maximum atomic E-state index is 14.7. The van der Waals surface area contributed by atoms with Crippen LogP contribution in [0.3, 0.4) is 0 Å². The molecule has 0 aliphatic heterocycles. The lowest BCUT2D eigenvalue weighted by Gasteiger charge is -2.16. The van der Waals surface area contributed by atoms with Crippen LogP contribution in [-0.4, -0.2) is 35.7 Å². The lowest BCUT2D eigenvalue weighted by atomic mass is 10.0. The topological polar surface area (TPSA) is 122 Å². The first kappa shape index (κ1) is 23.8. The molecule has 11 heteroatoms. The molecule has 32 heavy (non-hydrogen) atoms. The van der Waals surface area contributed by atoms with Crippen molar-refractivity contribution in [3.63, 3.8) is 0 Å². The summed E-state index contributed by atoms with van der Waals surface area (Å²) < 4.78 is 47.4. The third-order valence-corrected chi connectivity index (χ3v) is 6.78. The van der Waals surface area contributed by atoms with Gasteiger partial charge in [0.1, 0.15) is 11.9 Å². The molecule has 0 aliphatic rings. The van der Waals surface area contributed by atoms with Crippen LogP contribution < -0.4 is 4.72 Å². The normalized spacial score (nSPS) is 12.8. The van der Waals surface area contributed by atoms with Gasteiger partial charge in [-0.15, -0.1) is 0 Å². The number of aromatic nitrogens is 2. The molecule has 0 bridgehead atoms. The summed E-state index contributed by atoms with van der Waals surface area (Å²) >= 11 is 5.98. The number of rotatable bonds is 8. The van der Waals surface area contributed by atoms with Crippen molar-refractivity contribution in [2.75, 3.05) is 0 Å². The summed E-state index contributed by atoms with van der Waals surface area (Å²) in [4.78, 5) is 15.7. The second kappa shape index (κ2) is 9.35. The Morgan fingerprint density at radius 3 is 2.59 bits per heavy atom. The van der Waals surface area contributed by atoms with Crippen molar-refractivity contribution in [3.8, 4) is 11.4 Å². The average Bonchev–Trinajstić information content (AvgIpc) is 3.19. The standard InChI is InChI=1S/C21H21ClFN3O5S/c1-11(2)20-24-19(25-31-20)14-8-7-13(9-16(14)23)10-17(21(27)28)26-32(29,30)18-6-4-5-15(22)12(18)3/h4-9,11,17,26H,10H2,1-3H3,(H,27,28). The third-order valence-electron chi connectivity index (χ3n) is 4.75. The van der Waals surface area contributed by atoms with Crippen molar-refractivity contribution in [1.82, 2.24) is 14.9 Å². The highest BCUT2D eigenvalue weighted by atomic mass is 35.5. The second-order valence-electron chi connectivity index (χ2n) is 7.50. The number of hydrogen-bond donors (Lipinski definition) is 2. The monoisotopic (exact) mass is 481 g/mol. The van der Waals surface area contributed by atoms with Crippen LogP contribution in [0.4, 0.5) is 4.39 Å². The van der Waals surface area contributed by atoms with Crippen LogP contribution in [0, 0.1) is 12.7 Å². The second-order valence-corrected chi connectivity index (χ2v) is 9.59. The van der Waals surface area contributed by atoms with Crippen molar-refractivity contribution in [2.45, 2.75) is 44.0 Å². The van der Waals surface area contributed by atoms with Gasteiger partial charge in [-0.2, -0.15) is 9.71 Å². The fraction of sp³-hybridized carbons (Fsp3) is 0.286. The SMILES string of the molecule is Cc1c(Cl)cccc1S(=O)(=O)NC(Cc1ccc(-c2noc(C(C)C)n2)c(F)c1)C(=O)O. The van der Waals surface area contributed by atoms with Crippen LogP contribution in [-0.2, 0) is 21.2 Å². The van der Waals surface area contributed by atoms with Crippen molar-refractivity contribution < 1.29 is 27.2 Å². The smallest absolute Gasteiger partial charge is 0.322 e. The minimum atomic E-state index is -4.19. The summed E-state index contributed by atoms with van der Waals surface area (Å²) in [5.74, 6) is -1.68. The molecule has 170 valence electrons. The van der Waals surface area contributed by atoms with Crippen molar-refractivity contribution >= 4 is 27.6 Å². The maximum absolute atomic E-state index is 14.7. The first-order valence-electron chi connectivity index (χ1n) is 9.62. The van der Waals surface area contributed by atoms with E-state index in [2.05, 4.69) is 14.9 Å². The van der Waals surface area contributed by atoms with Gasteiger partial charge in [-0.3, -0.25) is 4.79 Å². The van der Waals surface area contributed by atoms with Crippen molar-refractivity contribution in [1.29, 1.82) is 0 Å². The molecule has 3 aromatic rings. The van der Waals surface area contributed by atoms with E-state index >= 15 is 0 Å². The number of carboxylic acids is 1. The molecular formula is C21H21ClFN3O5S. The van der Waals surface area contributed by atoms with Gasteiger partial charge in [-0.25, -0.2) is 12.8 Å². The number of benzene rings is 2. The number of carbonyl (C=O) groups is 1. The Bertz CT molecular complexity index is 1260. The molecule has 1 unspecified atom stereocenters. The molecule has 0 spiro atoms. The first-order valence-corrected chi connectivity index (χ1v) is 11.5. The zero-order valence-corrected chi connectivity index (χ0v) is 19.0. The summed E-state index contributed by atoms with van der Waals surface area (Å²) in [5.41, 5.74) is 0.658. The average molecular weight is 482 g/mol. The van der Waals surface area contributed by atoms with E-state index in [1.807, 2.05) is 13.8 Å². The largest absolute Gasteiger partial charge is 0.480 e. The van der Waals surface area contributed by atoms with Crippen LogP contribution >= 0.6 is 11.6 Å². The van der Waals surface area contributed by atoms with Gasteiger partial charge in [0.2, 0.25) is 21.7 Å². The molecule has 8 nitrogen and oxygen atoms in total. The predicted octanol–water partition coefficient (Wildman–Crippen LogP) is 3.94. The first-order chi connectivity index (χ1) is 15.0. The number of halogens is 2. The molecule has 2 aromatic carbocycles.